The molecule has 1 aromatic carbocycles. The molecule has 0 bridgehead atoms. The number of nitrogens with two attached hydrogens (primary N) is 1. The van der Waals surface area contributed by atoms with Gasteiger partial charge >= 0.3 is 0 Å². The number of nitrogens with zero attached hydrogens (tertiary/aromatic N) is 1. The Morgan fingerprint density at radius 2 is 2.14 bits per heavy atom. The first-order chi connectivity index (χ1) is 10.2. The number of primary amides is 1. The summed E-state index contributed by atoms with van der Waals surface area (Å²) in [5, 5.41) is 0. The summed E-state index contributed by atoms with van der Waals surface area (Å²) in [5.41, 5.74) is 6.03. The highest BCUT2D eigenvalue weighted by atomic mass is 16.5. The summed E-state index contributed by atoms with van der Waals surface area (Å²) < 4.78 is 5.34. The third-order valence-electron chi connectivity index (χ3n) is 2.41. The zero-order valence-corrected chi connectivity index (χ0v) is 11.9. The molecule has 2 aromatic rings. The molecular weight excluding hydrogens is 268 g/mol. The maximum Gasteiger partial charge on any atom is 0.250 e. The molecule has 5 heteroatoms. The van der Waals surface area contributed by atoms with Gasteiger partial charge in [-0.25, -0.2) is 0 Å². The standard InChI is InChI=1S/C10H12O2.C6H6N2O/c1-2-6-12-10-5-3-4-9(7-10)8-11;7-6(9)5-2-1-3-8-4-5/h3-5,7-8H,2,6H2,1H3;1-4H,(H2,7,9). The van der Waals surface area contributed by atoms with Crippen molar-refractivity contribution in [3.8, 4) is 5.75 Å². The molecule has 0 unspecified atom stereocenters. The molecule has 1 heterocycles. The highest BCUT2D eigenvalue weighted by Crippen LogP contribution is 2.11. The van der Waals surface area contributed by atoms with Crippen LogP contribution >= 0.6 is 0 Å². The number of ether oxygens (including phenoxy) is 1. The maximum atomic E-state index is 10.4. The Morgan fingerprint density at radius 1 is 1.33 bits per heavy atom. The van der Waals surface area contributed by atoms with Gasteiger partial charge in [-0.2, -0.15) is 0 Å². The highest BCUT2D eigenvalue weighted by Gasteiger charge is 1.95. The molecule has 0 fully saturated rings. The minimum Gasteiger partial charge on any atom is -0.494 e. The summed E-state index contributed by atoms with van der Waals surface area (Å²) in [6.45, 7) is 2.74. The van der Waals surface area contributed by atoms with Crippen molar-refractivity contribution in [3.05, 3.63) is 59.9 Å². The minimum absolute atomic E-state index is 0.442. The Hall–Kier alpha value is -2.69. The Labute approximate surface area is 123 Å². The fourth-order valence-electron chi connectivity index (χ4n) is 1.41. The predicted molar refractivity (Wildman–Crippen MR) is 80.4 cm³/mol. The Balaban J connectivity index is 0.000000219. The van der Waals surface area contributed by atoms with E-state index in [4.69, 9.17) is 10.5 Å². The van der Waals surface area contributed by atoms with Gasteiger partial charge in [-0.3, -0.25) is 14.6 Å². The number of rotatable bonds is 5. The SMILES string of the molecule is CCCOc1cccc(C=O)c1.NC(=O)c1cccnc1. The molecule has 21 heavy (non-hydrogen) atoms. The minimum atomic E-state index is -0.442. The van der Waals surface area contributed by atoms with Gasteiger partial charge in [0, 0.05) is 18.0 Å². The number of benzene rings is 1. The van der Waals surface area contributed by atoms with Crippen LogP contribution in [-0.4, -0.2) is 23.8 Å². The number of carbonyl (C=O) groups excluding carboxylic acids is 2. The van der Waals surface area contributed by atoms with Crippen molar-refractivity contribution in [2.45, 2.75) is 13.3 Å². The molecule has 110 valence electrons. The van der Waals surface area contributed by atoms with Crippen LogP contribution in [0, 0.1) is 0 Å². The molecule has 1 aromatic heterocycles. The lowest BCUT2D eigenvalue weighted by Crippen LogP contribution is -2.10. The summed E-state index contributed by atoms with van der Waals surface area (Å²) in [5.74, 6) is 0.324. The fraction of sp³-hybridized carbons (Fsp3) is 0.188. The number of pyridine rings is 1. The molecule has 0 saturated heterocycles. The van der Waals surface area contributed by atoms with E-state index in [1.807, 2.05) is 19.1 Å². The molecule has 0 atom stereocenters. The lowest BCUT2D eigenvalue weighted by Gasteiger charge is -2.03. The molecule has 0 spiro atoms. The highest BCUT2D eigenvalue weighted by molar-refractivity contribution is 5.92. The average molecular weight is 286 g/mol. The number of hydrogen-bond donors (Lipinski definition) is 1. The number of carbonyl (C=O) groups is 2. The third kappa shape index (κ3) is 6.33. The monoisotopic (exact) mass is 286 g/mol. The van der Waals surface area contributed by atoms with E-state index in [1.165, 1.54) is 6.20 Å². The Morgan fingerprint density at radius 3 is 2.67 bits per heavy atom. The number of aromatic nitrogens is 1. The fourth-order valence-corrected chi connectivity index (χ4v) is 1.41. The van der Waals surface area contributed by atoms with Crippen molar-refractivity contribution in [1.29, 1.82) is 0 Å². The van der Waals surface area contributed by atoms with Gasteiger partial charge in [0.15, 0.2) is 0 Å². The van der Waals surface area contributed by atoms with Crippen LogP contribution in [0.4, 0.5) is 0 Å². The van der Waals surface area contributed by atoms with E-state index in [2.05, 4.69) is 4.98 Å². The van der Waals surface area contributed by atoms with Gasteiger partial charge < -0.3 is 10.5 Å². The van der Waals surface area contributed by atoms with Crippen molar-refractivity contribution in [2.75, 3.05) is 6.61 Å². The zero-order valence-electron chi connectivity index (χ0n) is 11.9. The van der Waals surface area contributed by atoms with Gasteiger partial charge in [0.05, 0.1) is 12.2 Å². The molecule has 0 aliphatic carbocycles. The van der Waals surface area contributed by atoms with Crippen molar-refractivity contribution < 1.29 is 14.3 Å². The van der Waals surface area contributed by atoms with Crippen LogP contribution in [0.5, 0.6) is 5.75 Å². The second-order valence-electron chi connectivity index (χ2n) is 4.14. The predicted octanol–water partition coefficient (Wildman–Crippen LogP) is 2.47. The van der Waals surface area contributed by atoms with E-state index in [-0.39, 0.29) is 0 Å². The van der Waals surface area contributed by atoms with Gasteiger partial charge in [0.25, 0.3) is 0 Å². The van der Waals surface area contributed by atoms with Crippen molar-refractivity contribution in [3.63, 3.8) is 0 Å². The smallest absolute Gasteiger partial charge is 0.250 e. The summed E-state index contributed by atoms with van der Waals surface area (Å²) in [4.78, 5) is 24.5. The first-order valence-corrected chi connectivity index (χ1v) is 6.55. The number of amides is 1. The largest absolute Gasteiger partial charge is 0.494 e. The van der Waals surface area contributed by atoms with E-state index in [9.17, 15) is 9.59 Å². The second-order valence-corrected chi connectivity index (χ2v) is 4.14. The molecule has 0 radical (unpaired) electrons. The molecule has 1 amide bonds. The molecule has 2 rings (SSSR count). The van der Waals surface area contributed by atoms with E-state index >= 15 is 0 Å². The first-order valence-electron chi connectivity index (χ1n) is 6.55. The topological polar surface area (TPSA) is 82.3 Å². The lowest BCUT2D eigenvalue weighted by atomic mass is 10.2. The van der Waals surface area contributed by atoms with Gasteiger partial charge in [0.2, 0.25) is 5.91 Å². The molecule has 0 aliphatic rings. The second kappa shape index (κ2) is 9.25. The molecule has 0 aliphatic heterocycles. The van der Waals surface area contributed by atoms with Gasteiger partial charge in [-0.05, 0) is 30.7 Å². The van der Waals surface area contributed by atoms with Crippen LogP contribution in [0.2, 0.25) is 0 Å². The first kappa shape index (κ1) is 16.4. The van der Waals surface area contributed by atoms with Crippen LogP contribution in [0.3, 0.4) is 0 Å². The summed E-state index contributed by atoms with van der Waals surface area (Å²) in [6.07, 6.45) is 4.82. The van der Waals surface area contributed by atoms with Crippen LogP contribution in [0.25, 0.3) is 0 Å². The summed E-state index contributed by atoms with van der Waals surface area (Å²) >= 11 is 0. The van der Waals surface area contributed by atoms with E-state index < -0.39 is 5.91 Å². The van der Waals surface area contributed by atoms with Crippen LogP contribution in [0.15, 0.2) is 48.8 Å². The van der Waals surface area contributed by atoms with Gasteiger partial charge in [-0.15, -0.1) is 0 Å². The zero-order chi connectivity index (χ0) is 15.5. The van der Waals surface area contributed by atoms with E-state index in [0.717, 1.165) is 18.5 Å². The van der Waals surface area contributed by atoms with Crippen LogP contribution in [-0.2, 0) is 0 Å². The quantitative estimate of drug-likeness (QED) is 0.856. The normalized spacial score (nSPS) is 9.19. The molecule has 2 N–H and O–H groups in total. The van der Waals surface area contributed by atoms with E-state index in [1.54, 1.807) is 30.5 Å². The number of hydrogen-bond acceptors (Lipinski definition) is 4. The Bertz CT molecular complexity index is 571. The van der Waals surface area contributed by atoms with Crippen LogP contribution < -0.4 is 10.5 Å². The van der Waals surface area contributed by atoms with Crippen LogP contribution in [0.1, 0.15) is 34.1 Å². The maximum absolute atomic E-state index is 10.4. The lowest BCUT2D eigenvalue weighted by molar-refractivity contribution is 0.0999. The van der Waals surface area contributed by atoms with Crippen molar-refractivity contribution in [1.82, 2.24) is 4.98 Å². The van der Waals surface area contributed by atoms with Gasteiger partial charge in [0.1, 0.15) is 12.0 Å². The van der Waals surface area contributed by atoms with Crippen molar-refractivity contribution in [2.24, 2.45) is 5.73 Å². The van der Waals surface area contributed by atoms with Gasteiger partial charge in [-0.1, -0.05) is 19.1 Å². The third-order valence-corrected chi connectivity index (χ3v) is 2.41. The summed E-state index contributed by atoms with van der Waals surface area (Å²) in [6, 6.07) is 10.4. The Kier molecular flexibility index (Phi) is 7.21. The summed E-state index contributed by atoms with van der Waals surface area (Å²) in [7, 11) is 0. The van der Waals surface area contributed by atoms with Crippen molar-refractivity contribution >= 4 is 12.2 Å². The molecule has 0 saturated carbocycles. The average Bonchev–Trinajstić information content (AvgIpc) is 2.54. The molecular formula is C16H18N2O3. The number of aldehydes is 1. The van der Waals surface area contributed by atoms with E-state index in [0.29, 0.717) is 17.7 Å². The molecule has 5 nitrogen and oxygen atoms in total.